The summed E-state index contributed by atoms with van der Waals surface area (Å²) in [4.78, 5) is 14.8. The predicted octanol–water partition coefficient (Wildman–Crippen LogP) is 10.3. The molecule has 1 nitrogen and oxygen atoms in total. The fourth-order valence-corrected chi connectivity index (χ4v) is 5.72. The van der Waals surface area contributed by atoms with Gasteiger partial charge in [0.2, 0.25) is 0 Å². The highest BCUT2D eigenvalue weighted by Crippen LogP contribution is 2.44. The summed E-state index contributed by atoms with van der Waals surface area (Å²) in [6.45, 7) is 0. The van der Waals surface area contributed by atoms with E-state index in [1.807, 2.05) is 0 Å². The number of carbonyl (C=O) groups is 1. The van der Waals surface area contributed by atoms with Crippen molar-refractivity contribution in [2.24, 2.45) is 0 Å². The van der Waals surface area contributed by atoms with Gasteiger partial charge in [-0.1, -0.05) is 91.0 Å². The summed E-state index contributed by atoms with van der Waals surface area (Å²) in [5, 5.41) is 0. The van der Waals surface area contributed by atoms with Crippen LogP contribution in [0.15, 0.2) is 152 Å². The summed E-state index contributed by atoms with van der Waals surface area (Å²) >= 11 is 0. The van der Waals surface area contributed by atoms with Gasteiger partial charge in [0.1, 0.15) is 29.1 Å². The quantitative estimate of drug-likeness (QED) is 0.0720. The summed E-state index contributed by atoms with van der Waals surface area (Å²) in [6, 6.07) is 35.0. The van der Waals surface area contributed by atoms with Gasteiger partial charge >= 0.3 is 0 Å². The van der Waals surface area contributed by atoms with Crippen LogP contribution in [0, 0.1) is 29.1 Å². The molecule has 0 aliphatic carbocycles. The molecule has 0 saturated heterocycles. The van der Waals surface area contributed by atoms with Gasteiger partial charge in [0, 0.05) is 11.1 Å². The lowest BCUT2D eigenvalue weighted by atomic mass is 9.67. The van der Waals surface area contributed by atoms with E-state index in [9.17, 15) is 26.7 Å². The predicted molar refractivity (Wildman–Crippen MR) is 170 cm³/mol. The number of carbonyl (C=O) groups excluding carboxylic acids is 1. The Balaban J connectivity index is 1.70. The van der Waals surface area contributed by atoms with E-state index in [0.29, 0.717) is 33.4 Å². The van der Waals surface area contributed by atoms with Gasteiger partial charge in [-0.15, -0.1) is 0 Å². The molecule has 0 fully saturated rings. The summed E-state index contributed by atoms with van der Waals surface area (Å²) in [5.74, 6) is -2.87. The van der Waals surface area contributed by atoms with Gasteiger partial charge in [0.05, 0.1) is 5.41 Å². The van der Waals surface area contributed by atoms with Gasteiger partial charge in [-0.2, -0.15) is 0 Å². The topological polar surface area (TPSA) is 17.1 Å². The molecule has 0 unspecified atom stereocenters. The minimum absolute atomic E-state index is 0.146. The lowest BCUT2D eigenvalue weighted by molar-refractivity contribution is 0.105. The number of benzene rings is 6. The first-order valence-corrected chi connectivity index (χ1v) is 14.4. The van der Waals surface area contributed by atoms with Crippen LogP contribution < -0.4 is 0 Å². The molecule has 0 amide bonds. The van der Waals surface area contributed by atoms with Crippen LogP contribution in [0.25, 0.3) is 16.7 Å². The molecule has 6 aromatic rings. The van der Waals surface area contributed by atoms with E-state index in [2.05, 4.69) is 0 Å². The van der Waals surface area contributed by atoms with Crippen molar-refractivity contribution in [3.8, 4) is 11.1 Å². The number of ketones is 1. The van der Waals surface area contributed by atoms with E-state index in [1.165, 1.54) is 72.8 Å². The highest BCUT2D eigenvalue weighted by Gasteiger charge is 2.37. The maximum atomic E-state index is 14.8. The maximum absolute atomic E-state index is 14.8. The third-order valence-corrected chi connectivity index (χ3v) is 7.99. The fourth-order valence-electron chi connectivity index (χ4n) is 5.72. The third kappa shape index (κ3) is 6.02. The minimum Gasteiger partial charge on any atom is -0.289 e. The first-order valence-electron chi connectivity index (χ1n) is 14.4. The van der Waals surface area contributed by atoms with E-state index < -0.39 is 40.3 Å². The Hall–Kier alpha value is -5.62. The lowest BCUT2D eigenvalue weighted by Gasteiger charge is -2.34. The van der Waals surface area contributed by atoms with Crippen LogP contribution in [0.1, 0.15) is 32.6 Å². The number of allylic oxidation sites excluding steroid dienone is 2. The molecule has 46 heavy (non-hydrogen) atoms. The van der Waals surface area contributed by atoms with Gasteiger partial charge in [-0.3, -0.25) is 4.79 Å². The van der Waals surface area contributed by atoms with Crippen molar-refractivity contribution in [2.45, 2.75) is 5.41 Å². The molecule has 0 bridgehead atoms. The zero-order valence-corrected chi connectivity index (χ0v) is 24.2. The zero-order valence-electron chi connectivity index (χ0n) is 24.2. The highest BCUT2D eigenvalue weighted by molar-refractivity contribution is 6.31. The van der Waals surface area contributed by atoms with Crippen molar-refractivity contribution < 1.29 is 26.7 Å². The summed E-state index contributed by atoms with van der Waals surface area (Å²) in [5.41, 5.74) is 2.07. The summed E-state index contributed by atoms with van der Waals surface area (Å²) in [6.07, 6.45) is 1.68. The van der Waals surface area contributed by atoms with Gasteiger partial charge in [-0.25, -0.2) is 22.0 Å². The Bertz CT molecular complexity index is 1900. The number of rotatable bonds is 8. The molecular weight excluding hydrogens is 591 g/mol. The second-order valence-corrected chi connectivity index (χ2v) is 10.8. The maximum Gasteiger partial charge on any atom is 0.193 e. The average molecular weight is 617 g/mol. The molecule has 6 rings (SSSR count). The number of hydrogen-bond acceptors (Lipinski definition) is 1. The molecular formula is C40H25F5O. The zero-order chi connectivity index (χ0) is 32.3. The van der Waals surface area contributed by atoms with Crippen molar-refractivity contribution in [3.05, 3.63) is 209 Å². The van der Waals surface area contributed by atoms with Crippen LogP contribution in [0.2, 0.25) is 0 Å². The standard InChI is InChI=1S/C40H25F5O/c41-31-15-5-26(6-16-31)36-3-1-2-4-37(36)39(46)38(27-7-17-32(42)18-8-27)25-40(28-9-19-33(43)20-10-28,29-11-21-34(44)22-12-29)30-13-23-35(45)24-14-30/h1-25H/b38-25+. The van der Waals surface area contributed by atoms with Crippen molar-refractivity contribution >= 4 is 11.4 Å². The first-order chi connectivity index (χ1) is 22.2. The smallest absolute Gasteiger partial charge is 0.193 e. The van der Waals surface area contributed by atoms with Crippen LogP contribution in [-0.2, 0) is 5.41 Å². The van der Waals surface area contributed by atoms with Gasteiger partial charge < -0.3 is 0 Å². The van der Waals surface area contributed by atoms with E-state index in [-0.39, 0.29) is 11.1 Å². The van der Waals surface area contributed by atoms with Crippen molar-refractivity contribution in [3.63, 3.8) is 0 Å². The van der Waals surface area contributed by atoms with Gasteiger partial charge in [-0.05, 0) is 94.0 Å². The van der Waals surface area contributed by atoms with E-state index >= 15 is 0 Å². The molecule has 0 saturated carbocycles. The molecule has 0 atom stereocenters. The van der Waals surface area contributed by atoms with E-state index in [1.54, 1.807) is 78.9 Å². The molecule has 0 N–H and O–H groups in total. The highest BCUT2D eigenvalue weighted by atomic mass is 19.1. The number of hydrogen-bond donors (Lipinski definition) is 0. The molecule has 0 heterocycles. The molecule has 0 aliphatic heterocycles. The average Bonchev–Trinajstić information content (AvgIpc) is 3.07. The minimum atomic E-state index is -1.39. The Morgan fingerprint density at radius 1 is 0.457 bits per heavy atom. The molecule has 0 aliphatic rings. The normalized spacial score (nSPS) is 11.8. The van der Waals surface area contributed by atoms with Crippen LogP contribution in [-0.4, -0.2) is 5.78 Å². The van der Waals surface area contributed by atoms with Crippen molar-refractivity contribution in [1.82, 2.24) is 0 Å². The van der Waals surface area contributed by atoms with Crippen LogP contribution >= 0.6 is 0 Å². The summed E-state index contributed by atoms with van der Waals surface area (Å²) in [7, 11) is 0. The third-order valence-electron chi connectivity index (χ3n) is 7.99. The second-order valence-electron chi connectivity index (χ2n) is 10.8. The largest absolute Gasteiger partial charge is 0.289 e. The lowest BCUT2D eigenvalue weighted by Crippen LogP contribution is -2.28. The Morgan fingerprint density at radius 3 is 1.26 bits per heavy atom. The number of halogens is 5. The molecule has 0 spiro atoms. The Morgan fingerprint density at radius 2 is 0.826 bits per heavy atom. The van der Waals surface area contributed by atoms with Gasteiger partial charge in [0.25, 0.3) is 0 Å². The first kappa shape index (κ1) is 30.4. The molecule has 226 valence electrons. The molecule has 6 aromatic carbocycles. The van der Waals surface area contributed by atoms with Crippen LogP contribution in [0.5, 0.6) is 0 Å². The van der Waals surface area contributed by atoms with Crippen LogP contribution in [0.4, 0.5) is 22.0 Å². The number of Topliss-reactive ketones (excluding diaryl/α,β-unsaturated/α-hetero) is 1. The van der Waals surface area contributed by atoms with Gasteiger partial charge in [0.15, 0.2) is 5.78 Å². The monoisotopic (exact) mass is 616 g/mol. The molecule has 6 heteroatoms. The van der Waals surface area contributed by atoms with Crippen molar-refractivity contribution in [1.29, 1.82) is 0 Å². The SMILES string of the molecule is O=C(/C(=C/C(c1ccc(F)cc1)(c1ccc(F)cc1)c1ccc(F)cc1)c1ccc(F)cc1)c1ccccc1-c1ccc(F)cc1. The van der Waals surface area contributed by atoms with Crippen LogP contribution in [0.3, 0.4) is 0 Å². The molecule has 0 radical (unpaired) electrons. The molecule has 0 aromatic heterocycles. The Labute approximate surface area is 262 Å². The van der Waals surface area contributed by atoms with Crippen molar-refractivity contribution in [2.75, 3.05) is 0 Å². The Kier molecular flexibility index (Phi) is 8.45. The van der Waals surface area contributed by atoms with E-state index in [4.69, 9.17) is 0 Å². The fraction of sp³-hybridized carbons (Fsp3) is 0.0250. The summed E-state index contributed by atoms with van der Waals surface area (Å²) < 4.78 is 70.9. The van der Waals surface area contributed by atoms with E-state index in [0.717, 1.165) is 0 Å². The second kappa shape index (κ2) is 12.8.